The van der Waals surface area contributed by atoms with Crippen molar-refractivity contribution < 1.29 is 8.91 Å². The number of hydrogen-bond donors (Lipinski definition) is 1. The summed E-state index contributed by atoms with van der Waals surface area (Å²) >= 11 is 0. The Kier molecular flexibility index (Phi) is 2.72. The summed E-state index contributed by atoms with van der Waals surface area (Å²) in [4.78, 5) is 3.95. The van der Waals surface area contributed by atoms with E-state index in [-0.39, 0.29) is 11.6 Å². The fourth-order valence-corrected chi connectivity index (χ4v) is 1.93. The first kappa shape index (κ1) is 11.4. The average Bonchev–Trinajstić information content (AvgIpc) is 2.82. The highest BCUT2D eigenvalue weighted by Crippen LogP contribution is 2.36. The zero-order chi connectivity index (χ0) is 13.2. The summed E-state index contributed by atoms with van der Waals surface area (Å²) in [6.45, 7) is 0. The molecule has 0 aliphatic carbocycles. The number of hydrogen-bond acceptors (Lipinski definition) is 4. The Morgan fingerprint density at radius 2 is 1.84 bits per heavy atom. The first-order valence-electron chi connectivity index (χ1n) is 5.67. The molecule has 94 valence electrons. The molecule has 0 radical (unpaired) electrons. The summed E-state index contributed by atoms with van der Waals surface area (Å²) in [6, 6.07) is 9.70. The lowest BCUT2D eigenvalue weighted by molar-refractivity contribution is 0.436. The molecule has 2 aromatic heterocycles. The fourth-order valence-electron chi connectivity index (χ4n) is 1.93. The Balaban J connectivity index is 2.19. The molecule has 0 saturated carbocycles. The first-order chi connectivity index (χ1) is 9.25. The molecule has 3 aromatic rings. The van der Waals surface area contributed by atoms with Gasteiger partial charge in [-0.2, -0.15) is 0 Å². The van der Waals surface area contributed by atoms with Crippen molar-refractivity contribution in [3.05, 3.63) is 54.6 Å². The van der Waals surface area contributed by atoms with E-state index in [1.807, 2.05) is 0 Å². The van der Waals surface area contributed by atoms with Gasteiger partial charge >= 0.3 is 0 Å². The third-order valence-corrected chi connectivity index (χ3v) is 2.77. The van der Waals surface area contributed by atoms with Crippen LogP contribution < -0.4 is 5.73 Å². The molecule has 0 aliphatic heterocycles. The maximum atomic E-state index is 13.3. The predicted octanol–water partition coefficient (Wildman–Crippen LogP) is 3.12. The standard InChI is InChI=1S/C14H10FN3O/c15-11-3-1-2-10(8-11)13-12(14(16)18-19-13)9-4-6-17-7-5-9/h1-8H,(H2,16,18). The summed E-state index contributed by atoms with van der Waals surface area (Å²) < 4.78 is 18.5. The van der Waals surface area contributed by atoms with Crippen LogP contribution in [0.3, 0.4) is 0 Å². The highest BCUT2D eigenvalue weighted by atomic mass is 19.1. The summed E-state index contributed by atoms with van der Waals surface area (Å²) in [7, 11) is 0. The lowest BCUT2D eigenvalue weighted by Gasteiger charge is -2.02. The minimum absolute atomic E-state index is 0.269. The lowest BCUT2D eigenvalue weighted by Crippen LogP contribution is -1.89. The van der Waals surface area contributed by atoms with Crippen molar-refractivity contribution in [3.8, 4) is 22.5 Å². The SMILES string of the molecule is Nc1noc(-c2cccc(F)c2)c1-c1ccncc1. The highest BCUT2D eigenvalue weighted by molar-refractivity contribution is 5.86. The second-order valence-corrected chi connectivity index (χ2v) is 4.02. The van der Waals surface area contributed by atoms with Crippen molar-refractivity contribution >= 4 is 5.82 Å². The van der Waals surface area contributed by atoms with E-state index in [9.17, 15) is 4.39 Å². The number of halogens is 1. The van der Waals surface area contributed by atoms with Gasteiger partial charge in [0, 0.05) is 18.0 Å². The Morgan fingerprint density at radius 3 is 2.58 bits per heavy atom. The van der Waals surface area contributed by atoms with Crippen LogP contribution in [0.1, 0.15) is 0 Å². The van der Waals surface area contributed by atoms with E-state index in [1.165, 1.54) is 12.1 Å². The van der Waals surface area contributed by atoms with Crippen molar-refractivity contribution in [2.24, 2.45) is 0 Å². The number of nitrogens with zero attached hydrogens (tertiary/aromatic N) is 2. The molecular weight excluding hydrogens is 245 g/mol. The number of pyridine rings is 1. The number of nitrogens with two attached hydrogens (primary N) is 1. The maximum absolute atomic E-state index is 13.3. The Bertz CT molecular complexity index is 710. The second-order valence-electron chi connectivity index (χ2n) is 4.02. The van der Waals surface area contributed by atoms with Gasteiger partial charge in [0.25, 0.3) is 0 Å². The molecule has 0 atom stereocenters. The number of anilines is 1. The quantitative estimate of drug-likeness (QED) is 0.764. The molecule has 5 heteroatoms. The maximum Gasteiger partial charge on any atom is 0.177 e. The average molecular weight is 255 g/mol. The normalized spacial score (nSPS) is 10.6. The molecule has 0 unspecified atom stereocenters. The van der Waals surface area contributed by atoms with Crippen LogP contribution in [-0.4, -0.2) is 10.1 Å². The molecule has 2 N–H and O–H groups in total. The number of benzene rings is 1. The smallest absolute Gasteiger partial charge is 0.177 e. The first-order valence-corrected chi connectivity index (χ1v) is 5.67. The largest absolute Gasteiger partial charge is 0.380 e. The van der Waals surface area contributed by atoms with E-state index in [0.717, 1.165) is 5.56 Å². The summed E-state index contributed by atoms with van der Waals surface area (Å²) in [5, 5.41) is 3.76. The van der Waals surface area contributed by atoms with Crippen LogP contribution in [0.15, 0.2) is 53.3 Å². The van der Waals surface area contributed by atoms with Crippen molar-refractivity contribution in [2.45, 2.75) is 0 Å². The van der Waals surface area contributed by atoms with Gasteiger partial charge in [-0.05, 0) is 29.8 Å². The van der Waals surface area contributed by atoms with Crippen LogP contribution in [0.4, 0.5) is 10.2 Å². The van der Waals surface area contributed by atoms with Gasteiger partial charge in [0.2, 0.25) is 0 Å². The highest BCUT2D eigenvalue weighted by Gasteiger charge is 2.17. The molecule has 0 fully saturated rings. The van der Waals surface area contributed by atoms with Gasteiger partial charge < -0.3 is 10.3 Å². The topological polar surface area (TPSA) is 64.9 Å². The molecule has 2 heterocycles. The zero-order valence-corrected chi connectivity index (χ0v) is 9.88. The van der Waals surface area contributed by atoms with Gasteiger partial charge in [0.15, 0.2) is 11.6 Å². The Hall–Kier alpha value is -2.69. The molecule has 19 heavy (non-hydrogen) atoms. The van der Waals surface area contributed by atoms with Crippen LogP contribution in [-0.2, 0) is 0 Å². The van der Waals surface area contributed by atoms with E-state index in [0.29, 0.717) is 16.9 Å². The summed E-state index contributed by atoms with van der Waals surface area (Å²) in [6.07, 6.45) is 3.30. The van der Waals surface area contributed by atoms with Crippen molar-refractivity contribution in [1.82, 2.24) is 10.1 Å². The molecule has 0 spiro atoms. The molecule has 0 saturated heterocycles. The molecule has 4 nitrogen and oxygen atoms in total. The minimum Gasteiger partial charge on any atom is -0.380 e. The third-order valence-electron chi connectivity index (χ3n) is 2.77. The molecular formula is C14H10FN3O. The van der Waals surface area contributed by atoms with Gasteiger partial charge in [0.1, 0.15) is 5.82 Å². The fraction of sp³-hybridized carbons (Fsp3) is 0. The van der Waals surface area contributed by atoms with Gasteiger partial charge in [0.05, 0.1) is 5.56 Å². The minimum atomic E-state index is -0.340. The van der Waals surface area contributed by atoms with Gasteiger partial charge in [-0.1, -0.05) is 17.3 Å². The van der Waals surface area contributed by atoms with E-state index < -0.39 is 0 Å². The van der Waals surface area contributed by atoms with Gasteiger partial charge in [-0.3, -0.25) is 4.98 Å². The number of nitrogen functional groups attached to an aromatic ring is 1. The predicted molar refractivity (Wildman–Crippen MR) is 69.5 cm³/mol. The Morgan fingerprint density at radius 1 is 1.05 bits per heavy atom. The van der Waals surface area contributed by atoms with E-state index in [4.69, 9.17) is 10.3 Å². The van der Waals surface area contributed by atoms with Crippen molar-refractivity contribution in [1.29, 1.82) is 0 Å². The number of aromatic nitrogens is 2. The van der Waals surface area contributed by atoms with E-state index >= 15 is 0 Å². The van der Waals surface area contributed by atoms with Crippen LogP contribution in [0.25, 0.3) is 22.5 Å². The lowest BCUT2D eigenvalue weighted by atomic mass is 10.0. The van der Waals surface area contributed by atoms with Crippen LogP contribution >= 0.6 is 0 Å². The third kappa shape index (κ3) is 2.06. The summed E-state index contributed by atoms with van der Waals surface area (Å²) in [5.74, 6) is 0.377. The van der Waals surface area contributed by atoms with Crippen molar-refractivity contribution in [2.75, 3.05) is 5.73 Å². The second kappa shape index (κ2) is 4.53. The van der Waals surface area contributed by atoms with E-state index in [2.05, 4.69) is 10.1 Å². The molecule has 1 aromatic carbocycles. The van der Waals surface area contributed by atoms with Crippen LogP contribution in [0.2, 0.25) is 0 Å². The number of rotatable bonds is 2. The molecule has 0 bridgehead atoms. The van der Waals surface area contributed by atoms with Crippen molar-refractivity contribution in [3.63, 3.8) is 0 Å². The van der Waals surface area contributed by atoms with Gasteiger partial charge in [-0.15, -0.1) is 0 Å². The zero-order valence-electron chi connectivity index (χ0n) is 9.88. The monoisotopic (exact) mass is 255 g/mol. The van der Waals surface area contributed by atoms with E-state index in [1.54, 1.807) is 36.7 Å². The molecule has 0 amide bonds. The van der Waals surface area contributed by atoms with Gasteiger partial charge in [-0.25, -0.2) is 4.39 Å². The Labute approximate surface area is 108 Å². The summed E-state index contributed by atoms with van der Waals surface area (Å²) in [5.41, 5.74) is 7.90. The van der Waals surface area contributed by atoms with Crippen LogP contribution in [0.5, 0.6) is 0 Å². The molecule has 0 aliphatic rings. The molecule has 3 rings (SSSR count). The van der Waals surface area contributed by atoms with Crippen LogP contribution in [0, 0.1) is 5.82 Å².